The molecule has 0 saturated carbocycles. The van der Waals surface area contributed by atoms with Crippen molar-refractivity contribution in [3.05, 3.63) is 131 Å². The van der Waals surface area contributed by atoms with E-state index < -0.39 is 66.7 Å². The number of aryl methyl sites for hydroxylation is 1. The van der Waals surface area contributed by atoms with Crippen LogP contribution in [0, 0.1) is 6.92 Å². The van der Waals surface area contributed by atoms with Crippen LogP contribution in [0.5, 0.6) is 0 Å². The Kier molecular flexibility index (Phi) is 26.2. The summed E-state index contributed by atoms with van der Waals surface area (Å²) in [5.41, 5.74) is 26.6. The lowest BCUT2D eigenvalue weighted by molar-refractivity contribution is -0.143. The molecule has 0 aliphatic carbocycles. The summed E-state index contributed by atoms with van der Waals surface area (Å²) in [6.45, 7) is 4.51. The molecule has 0 aromatic heterocycles. The molecule has 5 rings (SSSR count). The number of rotatable bonds is 35. The Balaban J connectivity index is 1.38. The molecule has 0 unspecified atom stereocenters. The van der Waals surface area contributed by atoms with Crippen molar-refractivity contribution in [3.63, 3.8) is 0 Å². The van der Waals surface area contributed by atoms with E-state index in [-0.39, 0.29) is 57.9 Å². The van der Waals surface area contributed by atoms with Crippen molar-refractivity contribution in [1.82, 2.24) is 36.0 Å². The van der Waals surface area contributed by atoms with Crippen LogP contribution in [0.2, 0.25) is 0 Å². The van der Waals surface area contributed by atoms with Crippen LogP contribution in [0.1, 0.15) is 99.8 Å². The minimum atomic E-state index is -1.11. The number of nitrogens with zero attached hydrogens (tertiary/aromatic N) is 3. The molecule has 7 amide bonds. The third kappa shape index (κ3) is 20.0. The molecule has 0 radical (unpaired) electrons. The van der Waals surface area contributed by atoms with Gasteiger partial charge in [0.2, 0.25) is 41.4 Å². The highest BCUT2D eigenvalue weighted by Gasteiger charge is 2.31. The van der Waals surface area contributed by atoms with Gasteiger partial charge in [0.05, 0.1) is 19.6 Å². The van der Waals surface area contributed by atoms with Gasteiger partial charge in [-0.2, -0.15) is 0 Å². The van der Waals surface area contributed by atoms with E-state index in [1.165, 1.54) is 14.7 Å². The number of carbonyl (C=O) groups excluding carboxylic acids is 7. The number of nitrogens with one attached hydrogen (secondary N) is 4. The van der Waals surface area contributed by atoms with Crippen LogP contribution in [0.25, 0.3) is 21.5 Å². The topological polar surface area (TPSA) is 281 Å². The highest BCUT2D eigenvalue weighted by Crippen LogP contribution is 2.22. The fourth-order valence-electron chi connectivity index (χ4n) is 9.37. The quantitative estimate of drug-likeness (QED) is 0.0263. The first kappa shape index (κ1) is 61.6. The van der Waals surface area contributed by atoms with Crippen LogP contribution >= 0.6 is 0 Å². The van der Waals surface area contributed by atoms with Gasteiger partial charge >= 0.3 is 0 Å². The van der Waals surface area contributed by atoms with E-state index in [4.69, 9.17) is 22.9 Å². The van der Waals surface area contributed by atoms with Crippen molar-refractivity contribution in [2.45, 2.75) is 122 Å². The molecule has 5 aromatic rings. The molecule has 18 heteroatoms. The predicted molar refractivity (Wildman–Crippen MR) is 307 cm³/mol. The number of fused-ring (bicyclic) bond motifs is 2. The van der Waals surface area contributed by atoms with E-state index in [0.29, 0.717) is 77.5 Å². The lowest BCUT2D eigenvalue weighted by Gasteiger charge is -2.30. The normalized spacial score (nSPS) is 12.3. The van der Waals surface area contributed by atoms with Gasteiger partial charge in [-0.1, -0.05) is 128 Å². The van der Waals surface area contributed by atoms with E-state index in [2.05, 4.69) is 21.3 Å². The van der Waals surface area contributed by atoms with Crippen molar-refractivity contribution in [3.8, 4) is 0 Å². The molecule has 0 aliphatic heterocycles. The van der Waals surface area contributed by atoms with Crippen LogP contribution in [0.3, 0.4) is 0 Å². The van der Waals surface area contributed by atoms with Gasteiger partial charge in [0.15, 0.2) is 0 Å². The molecule has 78 heavy (non-hydrogen) atoms. The summed E-state index contributed by atoms with van der Waals surface area (Å²) in [4.78, 5) is 103. The second-order valence-electron chi connectivity index (χ2n) is 20.0. The Labute approximate surface area is 459 Å². The minimum Gasteiger partial charge on any atom is -0.368 e. The summed E-state index contributed by atoms with van der Waals surface area (Å²) in [6, 6.07) is 32.2. The highest BCUT2D eigenvalue weighted by atomic mass is 16.2. The smallest absolute Gasteiger partial charge is 0.245 e. The van der Waals surface area contributed by atoms with E-state index in [1.54, 1.807) is 0 Å². The number of primary amides is 1. The average Bonchev–Trinajstić information content (AvgIpc) is 3.44. The fraction of sp³-hybridized carbons (Fsp3) is 0.450. The van der Waals surface area contributed by atoms with Crippen molar-refractivity contribution < 1.29 is 33.6 Å². The Morgan fingerprint density at radius 3 is 1.62 bits per heavy atom. The standard InChI is InChI=1S/C60H83N11O7/c1-3-4-35-69(40-54(72)66-52(26-10-13-33-62)59(77)68-51(58(64)76)25-9-12-32-61)60(78)53(27-11-14-34-63)67-55(73)41-71(39-48-22-16-20-46-18-6-8-24-50(46)48)57(75)42-70(38-44-30-28-43(2)29-31-44)56(74)37-65-36-47-21-15-19-45-17-5-7-23-49(45)47/h5-8,15-24,28-31,51-53,65H,3-4,9-14,25-27,32-42,61-63H2,1-2H3,(H2,64,76)(H,66,72)(H,67,73)(H,68,77)/t51-,52-,53-/m0/s1. The zero-order valence-corrected chi connectivity index (χ0v) is 45.7. The van der Waals surface area contributed by atoms with Gasteiger partial charge in [0.1, 0.15) is 24.7 Å². The molecule has 0 heterocycles. The Morgan fingerprint density at radius 1 is 0.513 bits per heavy atom. The maximum Gasteiger partial charge on any atom is 0.245 e. The molecule has 12 N–H and O–H groups in total. The van der Waals surface area contributed by atoms with E-state index in [9.17, 15) is 33.6 Å². The van der Waals surface area contributed by atoms with E-state index >= 15 is 0 Å². The monoisotopic (exact) mass is 1070 g/mol. The summed E-state index contributed by atoms with van der Waals surface area (Å²) in [5.74, 6) is -3.83. The zero-order valence-electron chi connectivity index (χ0n) is 45.7. The van der Waals surface area contributed by atoms with Crippen molar-refractivity contribution in [1.29, 1.82) is 0 Å². The molecular formula is C60H83N11O7. The second-order valence-corrected chi connectivity index (χ2v) is 20.0. The Hall–Kier alpha value is -7.25. The SMILES string of the molecule is CCCCN(CC(=O)N[C@@H](CCCCN)C(=O)N[C@@H](CCCCN)C(N)=O)C(=O)[C@H](CCCCN)NC(=O)CN(Cc1cccc2ccccc12)C(=O)CN(Cc1ccc(C)cc1)C(=O)CNCc1cccc2ccccc12. The number of hydrogen-bond donors (Lipinski definition) is 8. The number of benzene rings is 5. The molecular weight excluding hydrogens is 987 g/mol. The van der Waals surface area contributed by atoms with Crippen molar-refractivity contribution >= 4 is 62.9 Å². The van der Waals surface area contributed by atoms with Crippen LogP contribution in [-0.2, 0) is 53.2 Å². The fourth-order valence-corrected chi connectivity index (χ4v) is 9.37. The van der Waals surface area contributed by atoms with Crippen molar-refractivity contribution in [2.75, 3.05) is 52.4 Å². The number of nitrogens with two attached hydrogens (primary N) is 4. The molecule has 420 valence electrons. The van der Waals surface area contributed by atoms with Gasteiger partial charge in [-0.15, -0.1) is 0 Å². The number of carbonyl (C=O) groups is 7. The Bertz CT molecular complexity index is 2730. The van der Waals surface area contributed by atoms with Gasteiger partial charge in [-0.25, -0.2) is 0 Å². The van der Waals surface area contributed by atoms with Crippen molar-refractivity contribution in [2.24, 2.45) is 22.9 Å². The first-order chi connectivity index (χ1) is 37.7. The lowest BCUT2D eigenvalue weighted by Crippen LogP contribution is -2.56. The number of unbranched alkanes of at least 4 members (excludes halogenated alkanes) is 4. The molecule has 0 fully saturated rings. The van der Waals surface area contributed by atoms with E-state index in [1.807, 2.05) is 123 Å². The highest BCUT2D eigenvalue weighted by molar-refractivity contribution is 5.95. The molecule has 18 nitrogen and oxygen atoms in total. The largest absolute Gasteiger partial charge is 0.368 e. The third-order valence-electron chi connectivity index (χ3n) is 13.8. The molecule has 0 aliphatic rings. The van der Waals surface area contributed by atoms with Crippen LogP contribution in [-0.4, -0.2) is 127 Å². The first-order valence-electron chi connectivity index (χ1n) is 27.6. The third-order valence-corrected chi connectivity index (χ3v) is 13.8. The average molecular weight is 1070 g/mol. The molecule has 5 aromatic carbocycles. The number of hydrogen-bond acceptors (Lipinski definition) is 11. The van der Waals surface area contributed by atoms with E-state index in [0.717, 1.165) is 43.8 Å². The van der Waals surface area contributed by atoms with Gasteiger partial charge in [0.25, 0.3) is 0 Å². The molecule has 0 bridgehead atoms. The van der Waals surface area contributed by atoms with Gasteiger partial charge in [-0.05, 0) is 129 Å². The minimum absolute atomic E-state index is 0.0159. The summed E-state index contributed by atoms with van der Waals surface area (Å²) < 4.78 is 0. The maximum atomic E-state index is 14.9. The van der Waals surface area contributed by atoms with Gasteiger partial charge in [0, 0.05) is 26.2 Å². The zero-order chi connectivity index (χ0) is 56.2. The second kappa shape index (κ2) is 33.1. The summed E-state index contributed by atoms with van der Waals surface area (Å²) in [5, 5.41) is 15.7. The Morgan fingerprint density at radius 2 is 1.03 bits per heavy atom. The summed E-state index contributed by atoms with van der Waals surface area (Å²) in [7, 11) is 0. The van der Waals surface area contributed by atoms with Gasteiger partial charge in [-0.3, -0.25) is 33.6 Å². The van der Waals surface area contributed by atoms with Crippen LogP contribution in [0.4, 0.5) is 0 Å². The number of amides is 7. The molecule has 3 atom stereocenters. The predicted octanol–water partition coefficient (Wildman–Crippen LogP) is 4.40. The van der Waals surface area contributed by atoms with Crippen LogP contribution < -0.4 is 44.2 Å². The first-order valence-corrected chi connectivity index (χ1v) is 27.6. The van der Waals surface area contributed by atoms with Crippen LogP contribution in [0.15, 0.2) is 109 Å². The summed E-state index contributed by atoms with van der Waals surface area (Å²) in [6.07, 6.45) is 5.23. The molecule has 0 saturated heterocycles. The van der Waals surface area contributed by atoms with Gasteiger partial charge < -0.3 is 58.9 Å². The lowest BCUT2D eigenvalue weighted by atomic mass is 10.0. The summed E-state index contributed by atoms with van der Waals surface area (Å²) >= 11 is 0. The maximum absolute atomic E-state index is 14.9. The molecule has 0 spiro atoms.